The number of hydrogen-bond donors (Lipinski definition) is 2. The second kappa shape index (κ2) is 6.17. The predicted molar refractivity (Wildman–Crippen MR) is 72.1 cm³/mol. The molecule has 3 nitrogen and oxygen atoms in total. The van der Waals surface area contributed by atoms with Crippen LogP contribution >= 0.6 is 15.9 Å². The summed E-state index contributed by atoms with van der Waals surface area (Å²) >= 11 is 3.34. The molecule has 1 rings (SSSR count). The highest BCUT2D eigenvalue weighted by Gasteiger charge is 2.13. The Hall–Kier alpha value is -0.870. The van der Waals surface area contributed by atoms with Crippen LogP contribution in [0.5, 0.6) is 0 Å². The van der Waals surface area contributed by atoms with Crippen molar-refractivity contribution in [1.82, 2.24) is 5.32 Å². The number of hydrogen-bond acceptors (Lipinski definition) is 2. The molecule has 94 valence electrons. The van der Waals surface area contributed by atoms with Gasteiger partial charge in [0.05, 0.1) is 6.10 Å². The number of carbonyl (C=O) groups excluding carboxylic acids is 1. The lowest BCUT2D eigenvalue weighted by molar-refractivity contribution is 0.0871. The number of amides is 1. The maximum atomic E-state index is 11.9. The molecule has 0 fully saturated rings. The molecular weight excluding hydrogens is 282 g/mol. The van der Waals surface area contributed by atoms with E-state index in [0.29, 0.717) is 5.56 Å². The van der Waals surface area contributed by atoms with Crippen molar-refractivity contribution < 1.29 is 9.90 Å². The number of aryl methyl sites for hydroxylation is 1. The van der Waals surface area contributed by atoms with Crippen molar-refractivity contribution in [2.75, 3.05) is 6.54 Å². The van der Waals surface area contributed by atoms with Gasteiger partial charge < -0.3 is 10.4 Å². The molecule has 0 aliphatic rings. The predicted octanol–water partition coefficient (Wildman–Crippen LogP) is 2.50. The molecule has 0 aliphatic carbocycles. The Kier molecular flexibility index (Phi) is 5.15. The third kappa shape index (κ3) is 4.13. The first-order valence-electron chi connectivity index (χ1n) is 5.64. The van der Waals surface area contributed by atoms with Gasteiger partial charge in [0.15, 0.2) is 0 Å². The third-order valence-corrected chi connectivity index (χ3v) is 3.18. The van der Waals surface area contributed by atoms with E-state index in [9.17, 15) is 9.90 Å². The first-order chi connectivity index (χ1) is 7.91. The highest BCUT2D eigenvalue weighted by molar-refractivity contribution is 9.10. The smallest absolute Gasteiger partial charge is 0.251 e. The van der Waals surface area contributed by atoms with E-state index in [1.165, 1.54) is 0 Å². The van der Waals surface area contributed by atoms with E-state index in [1.54, 1.807) is 6.07 Å². The molecule has 0 saturated carbocycles. The maximum Gasteiger partial charge on any atom is 0.251 e. The van der Waals surface area contributed by atoms with Gasteiger partial charge in [0, 0.05) is 16.6 Å². The molecule has 1 aromatic rings. The average Bonchev–Trinajstić information content (AvgIpc) is 2.28. The van der Waals surface area contributed by atoms with Crippen molar-refractivity contribution in [3.05, 3.63) is 33.8 Å². The van der Waals surface area contributed by atoms with Crippen molar-refractivity contribution in [2.24, 2.45) is 5.92 Å². The largest absolute Gasteiger partial charge is 0.391 e. The third-order valence-electron chi connectivity index (χ3n) is 2.69. The molecule has 2 N–H and O–H groups in total. The summed E-state index contributed by atoms with van der Waals surface area (Å²) in [7, 11) is 0. The van der Waals surface area contributed by atoms with E-state index >= 15 is 0 Å². The monoisotopic (exact) mass is 299 g/mol. The van der Waals surface area contributed by atoms with Crippen molar-refractivity contribution >= 4 is 21.8 Å². The first-order valence-corrected chi connectivity index (χ1v) is 6.43. The quantitative estimate of drug-likeness (QED) is 0.897. The summed E-state index contributed by atoms with van der Waals surface area (Å²) in [5, 5.41) is 12.4. The van der Waals surface area contributed by atoms with Crippen molar-refractivity contribution in [3.8, 4) is 0 Å². The number of aliphatic hydroxyl groups excluding tert-OH is 1. The van der Waals surface area contributed by atoms with Crippen LogP contribution in [0.3, 0.4) is 0 Å². The fourth-order valence-electron chi connectivity index (χ4n) is 1.37. The van der Waals surface area contributed by atoms with E-state index in [4.69, 9.17) is 0 Å². The lowest BCUT2D eigenvalue weighted by atomic mass is 10.1. The SMILES string of the molecule is Cc1ccc(Br)cc1C(=O)NCC(O)C(C)C. The summed E-state index contributed by atoms with van der Waals surface area (Å²) in [6.07, 6.45) is -0.508. The van der Waals surface area contributed by atoms with Crippen molar-refractivity contribution in [3.63, 3.8) is 0 Å². The summed E-state index contributed by atoms with van der Waals surface area (Å²) in [6, 6.07) is 5.57. The van der Waals surface area contributed by atoms with E-state index in [-0.39, 0.29) is 18.4 Å². The van der Waals surface area contributed by atoms with Crippen LogP contribution < -0.4 is 5.32 Å². The lowest BCUT2D eigenvalue weighted by Crippen LogP contribution is -2.35. The van der Waals surface area contributed by atoms with Crippen LogP contribution in [0.15, 0.2) is 22.7 Å². The van der Waals surface area contributed by atoms with Gasteiger partial charge in [-0.1, -0.05) is 35.8 Å². The Morgan fingerprint density at radius 1 is 1.47 bits per heavy atom. The summed E-state index contributed by atoms with van der Waals surface area (Å²) in [4.78, 5) is 11.9. The van der Waals surface area contributed by atoms with E-state index in [1.807, 2.05) is 32.9 Å². The van der Waals surface area contributed by atoms with Gasteiger partial charge in [-0.25, -0.2) is 0 Å². The Bertz CT molecular complexity index is 404. The first kappa shape index (κ1) is 14.2. The minimum absolute atomic E-state index is 0.138. The van der Waals surface area contributed by atoms with E-state index in [2.05, 4.69) is 21.2 Å². The zero-order chi connectivity index (χ0) is 13.0. The number of halogens is 1. The van der Waals surface area contributed by atoms with Crippen LogP contribution in [-0.2, 0) is 0 Å². The number of rotatable bonds is 4. The number of carbonyl (C=O) groups is 1. The summed E-state index contributed by atoms with van der Waals surface area (Å²) < 4.78 is 0.873. The van der Waals surface area contributed by atoms with Gasteiger partial charge in [0.25, 0.3) is 5.91 Å². The summed E-state index contributed by atoms with van der Waals surface area (Å²) in [6.45, 7) is 6.00. The Morgan fingerprint density at radius 2 is 2.12 bits per heavy atom. The average molecular weight is 300 g/mol. The van der Waals surface area contributed by atoms with Crippen LogP contribution in [0.4, 0.5) is 0 Å². The lowest BCUT2D eigenvalue weighted by Gasteiger charge is -2.15. The van der Waals surface area contributed by atoms with Crippen LogP contribution in [-0.4, -0.2) is 23.7 Å². The standard InChI is InChI=1S/C13H18BrNO2/c1-8(2)12(16)7-15-13(17)11-6-10(14)5-4-9(11)3/h4-6,8,12,16H,7H2,1-3H3,(H,15,17). The molecule has 1 atom stereocenters. The molecule has 0 saturated heterocycles. The van der Waals surface area contributed by atoms with Gasteiger partial charge in [-0.15, -0.1) is 0 Å². The molecular formula is C13H18BrNO2. The molecule has 1 unspecified atom stereocenters. The molecule has 1 aromatic carbocycles. The van der Waals surface area contributed by atoms with Gasteiger partial charge in [-0.3, -0.25) is 4.79 Å². The molecule has 0 radical (unpaired) electrons. The van der Waals surface area contributed by atoms with Gasteiger partial charge in [-0.05, 0) is 30.5 Å². The van der Waals surface area contributed by atoms with Crippen molar-refractivity contribution in [1.29, 1.82) is 0 Å². The highest BCUT2D eigenvalue weighted by Crippen LogP contribution is 2.15. The maximum absolute atomic E-state index is 11.9. The minimum atomic E-state index is -0.508. The second-order valence-corrected chi connectivity index (χ2v) is 5.40. The minimum Gasteiger partial charge on any atom is -0.391 e. The van der Waals surface area contributed by atoms with Gasteiger partial charge >= 0.3 is 0 Å². The molecule has 0 aromatic heterocycles. The van der Waals surface area contributed by atoms with E-state index < -0.39 is 6.10 Å². The van der Waals surface area contributed by atoms with Crippen LogP contribution in [0.1, 0.15) is 29.8 Å². The Labute approximate surface area is 110 Å². The Balaban J connectivity index is 2.67. The molecule has 0 heterocycles. The molecule has 1 amide bonds. The highest BCUT2D eigenvalue weighted by atomic mass is 79.9. The fraction of sp³-hybridized carbons (Fsp3) is 0.462. The number of nitrogens with one attached hydrogen (secondary N) is 1. The summed E-state index contributed by atoms with van der Waals surface area (Å²) in [5.74, 6) is -0.0117. The van der Waals surface area contributed by atoms with Crippen LogP contribution in [0.25, 0.3) is 0 Å². The molecule has 0 bridgehead atoms. The zero-order valence-electron chi connectivity index (χ0n) is 10.3. The number of aliphatic hydroxyl groups is 1. The van der Waals surface area contributed by atoms with Crippen LogP contribution in [0, 0.1) is 12.8 Å². The fourth-order valence-corrected chi connectivity index (χ4v) is 1.73. The molecule has 4 heteroatoms. The zero-order valence-corrected chi connectivity index (χ0v) is 11.9. The Morgan fingerprint density at radius 3 is 2.71 bits per heavy atom. The summed E-state index contributed by atoms with van der Waals surface area (Å²) in [5.41, 5.74) is 1.56. The molecule has 0 spiro atoms. The van der Waals surface area contributed by atoms with Crippen molar-refractivity contribution in [2.45, 2.75) is 26.9 Å². The second-order valence-electron chi connectivity index (χ2n) is 4.48. The molecule has 17 heavy (non-hydrogen) atoms. The van der Waals surface area contributed by atoms with E-state index in [0.717, 1.165) is 10.0 Å². The normalized spacial score (nSPS) is 12.6. The van der Waals surface area contributed by atoms with Crippen LogP contribution in [0.2, 0.25) is 0 Å². The topological polar surface area (TPSA) is 49.3 Å². The van der Waals surface area contributed by atoms with Gasteiger partial charge in [0.2, 0.25) is 0 Å². The molecule has 0 aliphatic heterocycles. The van der Waals surface area contributed by atoms with Gasteiger partial charge in [0.1, 0.15) is 0 Å². The number of benzene rings is 1. The van der Waals surface area contributed by atoms with Gasteiger partial charge in [-0.2, -0.15) is 0 Å².